The van der Waals surface area contributed by atoms with Crippen LogP contribution in [0.2, 0.25) is 0 Å². The highest BCUT2D eigenvalue weighted by molar-refractivity contribution is 5.15. The summed E-state index contributed by atoms with van der Waals surface area (Å²) < 4.78 is 17.6. The number of aliphatic hydroxyl groups is 2. The van der Waals surface area contributed by atoms with Crippen molar-refractivity contribution in [2.45, 2.75) is 38.1 Å². The lowest BCUT2D eigenvalue weighted by Crippen LogP contribution is -2.45. The van der Waals surface area contributed by atoms with Crippen molar-refractivity contribution in [1.82, 2.24) is 0 Å². The lowest BCUT2D eigenvalue weighted by atomic mass is 10.1. The van der Waals surface area contributed by atoms with Gasteiger partial charge in [-0.1, -0.05) is 91.0 Å². The van der Waals surface area contributed by atoms with Crippen molar-refractivity contribution < 1.29 is 24.4 Å². The first-order valence-corrected chi connectivity index (χ1v) is 10.5. The number of rotatable bonds is 13. The summed E-state index contributed by atoms with van der Waals surface area (Å²) in [7, 11) is 0. The molecule has 0 saturated heterocycles. The first-order chi connectivity index (χ1) is 15.3. The monoisotopic (exact) mass is 422 g/mol. The van der Waals surface area contributed by atoms with E-state index in [1.54, 1.807) is 0 Å². The number of ether oxygens (including phenoxy) is 3. The van der Waals surface area contributed by atoms with Crippen molar-refractivity contribution in [3.05, 3.63) is 108 Å². The molecule has 0 aliphatic rings. The van der Waals surface area contributed by atoms with E-state index in [-0.39, 0.29) is 13.2 Å². The normalized spacial score (nSPS) is 14.1. The third-order valence-electron chi connectivity index (χ3n) is 4.92. The topological polar surface area (TPSA) is 68.2 Å². The second kappa shape index (κ2) is 13.0. The molecule has 0 radical (unpaired) electrons. The van der Waals surface area contributed by atoms with E-state index in [2.05, 4.69) is 0 Å². The zero-order valence-corrected chi connectivity index (χ0v) is 17.5. The minimum absolute atomic E-state index is 0.0690. The van der Waals surface area contributed by atoms with Gasteiger partial charge < -0.3 is 24.4 Å². The molecule has 0 aliphatic carbocycles. The van der Waals surface area contributed by atoms with E-state index >= 15 is 0 Å². The average molecular weight is 423 g/mol. The molecule has 3 aromatic carbocycles. The average Bonchev–Trinajstić information content (AvgIpc) is 2.83. The van der Waals surface area contributed by atoms with Crippen LogP contribution in [0, 0.1) is 0 Å². The van der Waals surface area contributed by atoms with Crippen LogP contribution in [0.3, 0.4) is 0 Å². The number of hydrogen-bond donors (Lipinski definition) is 2. The van der Waals surface area contributed by atoms with Crippen molar-refractivity contribution in [2.24, 2.45) is 0 Å². The molecule has 2 N–H and O–H groups in total. The predicted octanol–water partition coefficient (Wildman–Crippen LogP) is 3.73. The maximum atomic E-state index is 10.8. The van der Waals surface area contributed by atoms with Gasteiger partial charge in [-0.2, -0.15) is 0 Å². The molecule has 0 bridgehead atoms. The highest BCUT2D eigenvalue weighted by Gasteiger charge is 2.30. The van der Waals surface area contributed by atoms with Gasteiger partial charge in [-0.15, -0.1) is 0 Å². The fraction of sp³-hybridized carbons (Fsp3) is 0.308. The summed E-state index contributed by atoms with van der Waals surface area (Å²) in [5.74, 6) is 0. The van der Waals surface area contributed by atoms with E-state index in [9.17, 15) is 10.2 Å². The van der Waals surface area contributed by atoms with Crippen LogP contribution in [0.1, 0.15) is 16.7 Å². The molecular formula is C26H30O5. The molecule has 0 spiro atoms. The number of benzene rings is 3. The van der Waals surface area contributed by atoms with Crippen LogP contribution in [-0.2, 0) is 34.0 Å². The summed E-state index contributed by atoms with van der Waals surface area (Å²) in [6, 6.07) is 29.2. The smallest absolute Gasteiger partial charge is 0.114 e. The molecule has 0 heterocycles. The van der Waals surface area contributed by atoms with E-state index < -0.39 is 18.3 Å². The maximum Gasteiger partial charge on any atom is 0.114 e. The molecule has 5 nitrogen and oxygen atoms in total. The van der Waals surface area contributed by atoms with Crippen molar-refractivity contribution >= 4 is 0 Å². The van der Waals surface area contributed by atoms with Crippen molar-refractivity contribution in [2.75, 3.05) is 13.2 Å². The Morgan fingerprint density at radius 1 is 0.613 bits per heavy atom. The Kier molecular flexibility index (Phi) is 9.70. The van der Waals surface area contributed by atoms with Gasteiger partial charge in [-0.05, 0) is 16.7 Å². The van der Waals surface area contributed by atoms with Gasteiger partial charge in [0.05, 0.1) is 33.0 Å². The fourth-order valence-electron chi connectivity index (χ4n) is 3.23. The third kappa shape index (κ3) is 7.90. The maximum absolute atomic E-state index is 10.8. The predicted molar refractivity (Wildman–Crippen MR) is 119 cm³/mol. The molecule has 3 aromatic rings. The largest absolute Gasteiger partial charge is 0.394 e. The molecule has 0 unspecified atom stereocenters. The number of aliphatic hydroxyl groups excluding tert-OH is 2. The van der Waals surface area contributed by atoms with Gasteiger partial charge in [0.2, 0.25) is 0 Å². The summed E-state index contributed by atoms with van der Waals surface area (Å²) in [6.07, 6.45) is -2.40. The van der Waals surface area contributed by atoms with Crippen molar-refractivity contribution in [1.29, 1.82) is 0 Å². The summed E-state index contributed by atoms with van der Waals surface area (Å²) in [4.78, 5) is 0. The lowest BCUT2D eigenvalue weighted by Gasteiger charge is -2.30. The van der Waals surface area contributed by atoms with Crippen molar-refractivity contribution in [3.8, 4) is 0 Å². The first kappa shape index (κ1) is 23.1. The lowest BCUT2D eigenvalue weighted by molar-refractivity contribution is -0.157. The summed E-state index contributed by atoms with van der Waals surface area (Å²) in [6.45, 7) is 0.793. The molecule has 0 fully saturated rings. The van der Waals surface area contributed by atoms with Crippen molar-refractivity contribution in [3.63, 3.8) is 0 Å². The molecule has 0 aliphatic heterocycles. The van der Waals surface area contributed by atoms with E-state index in [0.717, 1.165) is 16.7 Å². The molecule has 31 heavy (non-hydrogen) atoms. The highest BCUT2D eigenvalue weighted by Crippen LogP contribution is 2.16. The van der Waals surface area contributed by atoms with E-state index in [1.165, 1.54) is 0 Å². The Balaban J connectivity index is 1.61. The van der Waals surface area contributed by atoms with Crippen LogP contribution in [0.25, 0.3) is 0 Å². The number of hydrogen-bond acceptors (Lipinski definition) is 5. The van der Waals surface area contributed by atoms with E-state index in [4.69, 9.17) is 14.2 Å². The van der Waals surface area contributed by atoms with Crippen LogP contribution < -0.4 is 0 Å². The zero-order chi connectivity index (χ0) is 21.7. The molecule has 0 saturated carbocycles. The molecule has 0 aromatic heterocycles. The molecule has 0 amide bonds. The quantitative estimate of drug-likeness (QED) is 0.439. The van der Waals surface area contributed by atoms with Gasteiger partial charge in [0.15, 0.2) is 0 Å². The van der Waals surface area contributed by atoms with E-state index in [1.807, 2.05) is 91.0 Å². The molecule has 5 heteroatoms. The SMILES string of the molecule is OC[C@H](OCc1ccccc1)[C@H](OCc1ccccc1)[C@@H](O)COCc1ccccc1. The van der Waals surface area contributed by atoms with Gasteiger partial charge in [0.25, 0.3) is 0 Å². The molecular weight excluding hydrogens is 392 g/mol. The van der Waals surface area contributed by atoms with Crippen LogP contribution >= 0.6 is 0 Å². The van der Waals surface area contributed by atoms with Crippen LogP contribution in [0.4, 0.5) is 0 Å². The Bertz CT molecular complexity index is 841. The van der Waals surface area contributed by atoms with Gasteiger partial charge in [0.1, 0.15) is 18.3 Å². The molecule has 3 rings (SSSR count). The fourth-order valence-corrected chi connectivity index (χ4v) is 3.23. The molecule has 3 atom stereocenters. The second-order valence-electron chi connectivity index (χ2n) is 7.35. The molecule has 164 valence electrons. The van der Waals surface area contributed by atoms with Crippen LogP contribution in [0.15, 0.2) is 91.0 Å². The van der Waals surface area contributed by atoms with E-state index in [0.29, 0.717) is 19.8 Å². The van der Waals surface area contributed by atoms with Gasteiger partial charge >= 0.3 is 0 Å². The van der Waals surface area contributed by atoms with Crippen LogP contribution in [-0.4, -0.2) is 41.7 Å². The van der Waals surface area contributed by atoms with Crippen LogP contribution in [0.5, 0.6) is 0 Å². The Morgan fingerprint density at radius 3 is 1.55 bits per heavy atom. The second-order valence-corrected chi connectivity index (χ2v) is 7.35. The minimum atomic E-state index is -0.958. The summed E-state index contributed by atoms with van der Waals surface area (Å²) >= 11 is 0. The summed E-state index contributed by atoms with van der Waals surface area (Å²) in [5.41, 5.74) is 2.98. The minimum Gasteiger partial charge on any atom is -0.394 e. The highest BCUT2D eigenvalue weighted by atomic mass is 16.6. The standard InChI is InChI=1S/C26H30O5/c27-16-25(30-18-22-12-6-2-7-13-22)26(31-19-23-14-8-3-9-15-23)24(28)20-29-17-21-10-4-1-5-11-21/h1-15,24-28H,16-20H2/t24-,25-,26+/m0/s1. The van der Waals surface area contributed by atoms with Gasteiger partial charge in [-0.25, -0.2) is 0 Å². The Labute approximate surface area is 183 Å². The van der Waals surface area contributed by atoms with Gasteiger partial charge in [-0.3, -0.25) is 0 Å². The summed E-state index contributed by atoms with van der Waals surface area (Å²) in [5, 5.41) is 20.8. The zero-order valence-electron chi connectivity index (χ0n) is 17.5. The first-order valence-electron chi connectivity index (χ1n) is 10.5. The Morgan fingerprint density at radius 2 is 1.06 bits per heavy atom. The third-order valence-corrected chi connectivity index (χ3v) is 4.92. The van der Waals surface area contributed by atoms with Gasteiger partial charge in [0, 0.05) is 0 Å². The Hall–Kier alpha value is -2.54.